The molecule has 1 aromatic heterocycles. The molecule has 1 amide bonds. The van der Waals surface area contributed by atoms with Crippen molar-refractivity contribution in [1.29, 1.82) is 0 Å². The summed E-state index contributed by atoms with van der Waals surface area (Å²) in [5.74, 6) is 0.0965. The number of pyridine rings is 1. The molecule has 3 aromatic rings. The Labute approximate surface area is 162 Å². The van der Waals surface area contributed by atoms with Crippen LogP contribution >= 0.6 is 23.4 Å². The van der Waals surface area contributed by atoms with Crippen LogP contribution in [0.25, 0.3) is 0 Å². The number of carbonyl (C=O) groups is 1. The number of hydrogen-bond acceptors (Lipinski definition) is 3. The molecule has 0 saturated heterocycles. The average Bonchev–Trinajstić information content (AvgIpc) is 3.11. The molecule has 0 N–H and O–H groups in total. The van der Waals surface area contributed by atoms with Crippen LogP contribution in [0.3, 0.4) is 0 Å². The first-order chi connectivity index (χ1) is 12.7. The number of carbonyl (C=O) groups excluding carboxylic acids is 1. The SMILES string of the molecule is O=C(C1Cc2ccccc2S1)N(Cc1ccccn1)c1ccc(Cl)cc1. The minimum atomic E-state index is -0.119. The number of halogens is 1. The molecule has 3 nitrogen and oxygen atoms in total. The second-order valence-corrected chi connectivity index (χ2v) is 7.82. The van der Waals surface area contributed by atoms with Crippen LogP contribution in [0.1, 0.15) is 11.3 Å². The number of nitrogens with zero attached hydrogens (tertiary/aromatic N) is 2. The van der Waals surface area contributed by atoms with Crippen molar-refractivity contribution in [3.05, 3.63) is 89.2 Å². The normalized spacial score (nSPS) is 15.5. The van der Waals surface area contributed by atoms with Gasteiger partial charge < -0.3 is 4.90 Å². The van der Waals surface area contributed by atoms with Crippen LogP contribution < -0.4 is 4.90 Å². The van der Waals surface area contributed by atoms with E-state index in [1.807, 2.05) is 59.5 Å². The van der Waals surface area contributed by atoms with Crippen LogP contribution in [0.5, 0.6) is 0 Å². The van der Waals surface area contributed by atoms with Gasteiger partial charge in [-0.25, -0.2) is 0 Å². The van der Waals surface area contributed by atoms with E-state index in [1.54, 1.807) is 18.0 Å². The summed E-state index contributed by atoms with van der Waals surface area (Å²) in [6.45, 7) is 0.439. The molecule has 0 fully saturated rings. The summed E-state index contributed by atoms with van der Waals surface area (Å²) in [4.78, 5) is 20.7. The number of amides is 1. The van der Waals surface area contributed by atoms with Gasteiger partial charge in [-0.2, -0.15) is 0 Å². The van der Waals surface area contributed by atoms with Crippen molar-refractivity contribution in [3.63, 3.8) is 0 Å². The summed E-state index contributed by atoms with van der Waals surface area (Å²) in [7, 11) is 0. The predicted octanol–water partition coefficient (Wildman–Crippen LogP) is 4.99. The topological polar surface area (TPSA) is 33.2 Å². The van der Waals surface area contributed by atoms with Crippen LogP contribution in [0.15, 0.2) is 77.8 Å². The molecule has 0 spiro atoms. The average molecular weight is 381 g/mol. The number of aromatic nitrogens is 1. The first kappa shape index (κ1) is 17.1. The van der Waals surface area contributed by atoms with Crippen molar-refractivity contribution in [1.82, 2.24) is 4.98 Å². The van der Waals surface area contributed by atoms with Gasteiger partial charge in [0.05, 0.1) is 17.5 Å². The number of hydrogen-bond donors (Lipinski definition) is 0. The third kappa shape index (κ3) is 3.62. The van der Waals surface area contributed by atoms with Crippen LogP contribution in [-0.2, 0) is 17.8 Å². The molecule has 0 bridgehead atoms. The zero-order valence-corrected chi connectivity index (χ0v) is 15.6. The molecule has 1 atom stereocenters. The zero-order chi connectivity index (χ0) is 17.9. The monoisotopic (exact) mass is 380 g/mol. The van der Waals surface area contributed by atoms with Gasteiger partial charge in [-0.05, 0) is 54.4 Å². The van der Waals surface area contributed by atoms with E-state index in [9.17, 15) is 4.79 Å². The molecule has 0 aliphatic carbocycles. The molecule has 1 unspecified atom stereocenters. The van der Waals surface area contributed by atoms with Crippen LogP contribution in [-0.4, -0.2) is 16.1 Å². The lowest BCUT2D eigenvalue weighted by Crippen LogP contribution is -2.37. The summed E-state index contributed by atoms with van der Waals surface area (Å²) in [5, 5.41) is 0.536. The zero-order valence-electron chi connectivity index (χ0n) is 14.0. The maximum atomic E-state index is 13.3. The number of fused-ring (bicyclic) bond motifs is 1. The fourth-order valence-electron chi connectivity index (χ4n) is 3.06. The highest BCUT2D eigenvalue weighted by Gasteiger charge is 2.32. The van der Waals surface area contributed by atoms with Crippen LogP contribution in [0.4, 0.5) is 5.69 Å². The number of benzene rings is 2. The van der Waals surface area contributed by atoms with E-state index >= 15 is 0 Å². The molecule has 1 aliphatic heterocycles. The van der Waals surface area contributed by atoms with E-state index in [4.69, 9.17) is 11.6 Å². The van der Waals surface area contributed by atoms with Gasteiger partial charge in [0, 0.05) is 21.8 Å². The third-order valence-electron chi connectivity index (χ3n) is 4.37. The van der Waals surface area contributed by atoms with E-state index in [1.165, 1.54) is 10.5 Å². The van der Waals surface area contributed by atoms with Gasteiger partial charge in [0.15, 0.2) is 0 Å². The van der Waals surface area contributed by atoms with Crippen LogP contribution in [0.2, 0.25) is 5.02 Å². The third-order valence-corrected chi connectivity index (χ3v) is 5.93. The highest BCUT2D eigenvalue weighted by Crippen LogP contribution is 2.38. The highest BCUT2D eigenvalue weighted by atomic mass is 35.5. The Morgan fingerprint density at radius 3 is 2.58 bits per heavy atom. The highest BCUT2D eigenvalue weighted by molar-refractivity contribution is 8.01. The van der Waals surface area contributed by atoms with Gasteiger partial charge in [-0.1, -0.05) is 35.9 Å². The van der Waals surface area contributed by atoms with Gasteiger partial charge in [-0.3, -0.25) is 9.78 Å². The van der Waals surface area contributed by atoms with E-state index in [0.717, 1.165) is 17.8 Å². The minimum absolute atomic E-state index is 0.0965. The van der Waals surface area contributed by atoms with Crippen LogP contribution in [0, 0.1) is 0 Å². The summed E-state index contributed by atoms with van der Waals surface area (Å²) in [5.41, 5.74) is 2.93. The van der Waals surface area contributed by atoms with Gasteiger partial charge in [0.1, 0.15) is 0 Å². The summed E-state index contributed by atoms with van der Waals surface area (Å²) < 4.78 is 0. The molecular weight excluding hydrogens is 364 g/mol. The lowest BCUT2D eigenvalue weighted by molar-refractivity contribution is -0.118. The first-order valence-electron chi connectivity index (χ1n) is 8.42. The Morgan fingerprint density at radius 1 is 1.08 bits per heavy atom. The molecule has 1 aliphatic rings. The Bertz CT molecular complexity index is 890. The van der Waals surface area contributed by atoms with Crippen molar-refractivity contribution in [3.8, 4) is 0 Å². The van der Waals surface area contributed by atoms with Gasteiger partial charge in [0.25, 0.3) is 0 Å². The second kappa shape index (κ2) is 7.52. The van der Waals surface area contributed by atoms with E-state index in [2.05, 4.69) is 17.1 Å². The summed E-state index contributed by atoms with van der Waals surface area (Å²) >= 11 is 7.67. The Kier molecular flexibility index (Phi) is 4.96. The molecule has 130 valence electrons. The summed E-state index contributed by atoms with van der Waals surface area (Å²) in [6, 6.07) is 21.4. The number of thioether (sulfide) groups is 1. The Morgan fingerprint density at radius 2 is 1.85 bits per heavy atom. The fraction of sp³-hybridized carbons (Fsp3) is 0.143. The van der Waals surface area contributed by atoms with Crippen molar-refractivity contribution >= 4 is 35.0 Å². The molecule has 0 radical (unpaired) electrons. The molecule has 0 saturated carbocycles. The fourth-order valence-corrected chi connectivity index (χ4v) is 4.45. The Hall–Kier alpha value is -2.30. The molecule has 26 heavy (non-hydrogen) atoms. The van der Waals surface area contributed by atoms with Gasteiger partial charge in [0.2, 0.25) is 5.91 Å². The van der Waals surface area contributed by atoms with Crippen molar-refractivity contribution in [2.24, 2.45) is 0 Å². The Balaban J connectivity index is 1.62. The largest absolute Gasteiger partial charge is 0.305 e. The first-order valence-corrected chi connectivity index (χ1v) is 9.68. The number of rotatable bonds is 4. The maximum Gasteiger partial charge on any atom is 0.241 e. The molecule has 4 rings (SSSR count). The van der Waals surface area contributed by atoms with E-state index in [0.29, 0.717) is 11.6 Å². The van der Waals surface area contributed by atoms with Gasteiger partial charge >= 0.3 is 0 Å². The lowest BCUT2D eigenvalue weighted by Gasteiger charge is -2.25. The molecule has 5 heteroatoms. The van der Waals surface area contributed by atoms with E-state index in [-0.39, 0.29) is 11.2 Å². The van der Waals surface area contributed by atoms with Crippen molar-refractivity contribution < 1.29 is 4.79 Å². The minimum Gasteiger partial charge on any atom is -0.305 e. The number of anilines is 1. The molecular formula is C21H17ClN2OS. The van der Waals surface area contributed by atoms with Crippen molar-refractivity contribution in [2.45, 2.75) is 23.1 Å². The second-order valence-electron chi connectivity index (χ2n) is 6.14. The quantitative estimate of drug-likeness (QED) is 0.639. The van der Waals surface area contributed by atoms with Gasteiger partial charge in [-0.15, -0.1) is 11.8 Å². The smallest absolute Gasteiger partial charge is 0.241 e. The van der Waals surface area contributed by atoms with E-state index < -0.39 is 0 Å². The lowest BCUT2D eigenvalue weighted by atomic mass is 10.1. The predicted molar refractivity (Wildman–Crippen MR) is 107 cm³/mol. The molecule has 2 heterocycles. The van der Waals surface area contributed by atoms with Crippen molar-refractivity contribution in [2.75, 3.05) is 4.90 Å². The standard InChI is InChI=1S/C21H17ClN2OS/c22-16-8-10-18(11-9-16)24(14-17-6-3-4-12-23-17)21(25)20-13-15-5-1-2-7-19(15)26-20/h1-12,20H,13-14H2. The molecule has 2 aromatic carbocycles. The maximum absolute atomic E-state index is 13.3. The summed E-state index contributed by atoms with van der Waals surface area (Å²) in [6.07, 6.45) is 2.51.